The minimum atomic E-state index is -1.20. The Labute approximate surface area is 56.7 Å². The Morgan fingerprint density at radius 3 is 2.11 bits per heavy atom. The first-order valence-electron chi connectivity index (χ1n) is 3.15. The topological polar surface area (TPSA) is 29.1 Å². The van der Waals surface area contributed by atoms with Crippen molar-refractivity contribution in [2.24, 2.45) is 0 Å². The molecule has 0 bridgehead atoms. The van der Waals surface area contributed by atoms with Gasteiger partial charge in [0.25, 0.3) is 0 Å². The fraction of sp³-hybridized carbons (Fsp3) is 0.667. The summed E-state index contributed by atoms with van der Waals surface area (Å²) in [5.41, 5.74) is 0.262. The molecule has 0 aliphatic carbocycles. The predicted octanol–water partition coefficient (Wildman–Crippen LogP) is 0.986. The van der Waals surface area contributed by atoms with E-state index in [9.17, 15) is 4.79 Å². The average Bonchev–Trinajstić information content (AvgIpc) is 1.57. The van der Waals surface area contributed by atoms with Gasteiger partial charge < -0.3 is 5.32 Å². The van der Waals surface area contributed by atoms with Crippen LogP contribution in [0.1, 0.15) is 0 Å². The molecule has 1 heterocycles. The number of carbonyl (C=O) groups excluding carboxylic acids is 1. The SMILES string of the molecule is C[Si](C)(C)C1[CH]NC1=O. The van der Waals surface area contributed by atoms with Gasteiger partial charge in [-0.2, -0.15) is 0 Å². The summed E-state index contributed by atoms with van der Waals surface area (Å²) in [6.07, 6.45) is 0. The van der Waals surface area contributed by atoms with Gasteiger partial charge in [-0.3, -0.25) is 4.79 Å². The molecule has 1 fully saturated rings. The first kappa shape index (κ1) is 6.80. The fourth-order valence-corrected chi connectivity index (χ4v) is 2.33. The minimum absolute atomic E-state index is 0.217. The summed E-state index contributed by atoms with van der Waals surface area (Å²) in [4.78, 5) is 10.8. The third-order valence-electron chi connectivity index (χ3n) is 1.61. The Morgan fingerprint density at radius 2 is 2.11 bits per heavy atom. The molecule has 2 nitrogen and oxygen atoms in total. The molecule has 1 aliphatic heterocycles. The Kier molecular flexibility index (Phi) is 1.39. The van der Waals surface area contributed by atoms with E-state index < -0.39 is 8.07 Å². The predicted molar refractivity (Wildman–Crippen MR) is 39.5 cm³/mol. The molecule has 1 aliphatic rings. The molecule has 0 aromatic rings. The van der Waals surface area contributed by atoms with Gasteiger partial charge in [-0.1, -0.05) is 19.6 Å². The molecule has 0 aromatic carbocycles. The van der Waals surface area contributed by atoms with Crippen LogP contribution in [0.15, 0.2) is 0 Å². The lowest BCUT2D eigenvalue weighted by atomic mass is 10.3. The van der Waals surface area contributed by atoms with E-state index in [4.69, 9.17) is 0 Å². The third kappa shape index (κ3) is 1.15. The summed E-state index contributed by atoms with van der Waals surface area (Å²) >= 11 is 0. The Bertz CT molecular complexity index is 138. The van der Waals surface area contributed by atoms with Crippen molar-refractivity contribution in [3.8, 4) is 0 Å². The number of nitrogens with one attached hydrogen (secondary N) is 1. The monoisotopic (exact) mass is 142 g/mol. The van der Waals surface area contributed by atoms with E-state index in [2.05, 4.69) is 25.0 Å². The second kappa shape index (κ2) is 1.83. The smallest absolute Gasteiger partial charge is 0.222 e. The van der Waals surface area contributed by atoms with Gasteiger partial charge in [0.05, 0.1) is 20.2 Å². The number of hydrogen-bond acceptors (Lipinski definition) is 1. The molecule has 1 amide bonds. The lowest BCUT2D eigenvalue weighted by Crippen LogP contribution is -2.50. The molecule has 1 saturated heterocycles. The first-order valence-corrected chi connectivity index (χ1v) is 6.73. The van der Waals surface area contributed by atoms with E-state index in [1.807, 2.05) is 6.54 Å². The summed E-state index contributed by atoms with van der Waals surface area (Å²) in [7, 11) is -1.20. The lowest BCUT2D eigenvalue weighted by Gasteiger charge is -2.34. The van der Waals surface area contributed by atoms with Crippen molar-refractivity contribution in [1.29, 1.82) is 0 Å². The highest BCUT2D eigenvalue weighted by Crippen LogP contribution is 2.29. The summed E-state index contributed by atoms with van der Waals surface area (Å²) in [6, 6.07) is 0. The minimum Gasteiger partial charge on any atom is -0.351 e. The van der Waals surface area contributed by atoms with E-state index in [-0.39, 0.29) is 11.4 Å². The van der Waals surface area contributed by atoms with E-state index in [1.54, 1.807) is 0 Å². The molecule has 0 spiro atoms. The molecule has 0 aromatic heterocycles. The molecule has 51 valence electrons. The van der Waals surface area contributed by atoms with Crippen molar-refractivity contribution in [3.63, 3.8) is 0 Å². The summed E-state index contributed by atoms with van der Waals surface area (Å²) in [5.74, 6) is 0.217. The van der Waals surface area contributed by atoms with Crippen LogP contribution in [0.25, 0.3) is 0 Å². The highest BCUT2D eigenvalue weighted by Gasteiger charge is 2.39. The molecule has 9 heavy (non-hydrogen) atoms. The first-order chi connectivity index (χ1) is 4.02. The number of β-lactam (4-membered cyclic amide) rings is 1. The highest BCUT2D eigenvalue weighted by molar-refractivity contribution is 6.81. The summed E-state index contributed by atoms with van der Waals surface area (Å²) in [5, 5.41) is 2.64. The number of carbonyl (C=O) groups is 1. The van der Waals surface area contributed by atoms with Crippen LogP contribution in [-0.4, -0.2) is 14.0 Å². The summed E-state index contributed by atoms with van der Waals surface area (Å²) < 4.78 is 0. The van der Waals surface area contributed by atoms with E-state index in [0.717, 1.165) is 0 Å². The zero-order valence-corrected chi connectivity index (χ0v) is 7.06. The molecule has 0 saturated carbocycles. The van der Waals surface area contributed by atoms with Crippen molar-refractivity contribution in [1.82, 2.24) is 5.32 Å². The molecular formula is C6H12NOSi. The Morgan fingerprint density at radius 1 is 1.56 bits per heavy atom. The van der Waals surface area contributed by atoms with Crippen LogP contribution in [0.2, 0.25) is 25.2 Å². The molecule has 1 N–H and O–H groups in total. The van der Waals surface area contributed by atoms with E-state index in [1.165, 1.54) is 0 Å². The average molecular weight is 142 g/mol. The Hall–Kier alpha value is -0.313. The van der Waals surface area contributed by atoms with Gasteiger partial charge in [0.1, 0.15) is 0 Å². The van der Waals surface area contributed by atoms with Gasteiger partial charge in [0.15, 0.2) is 0 Å². The van der Waals surface area contributed by atoms with Crippen LogP contribution >= 0.6 is 0 Å². The maximum Gasteiger partial charge on any atom is 0.222 e. The fourth-order valence-electron chi connectivity index (χ4n) is 0.878. The lowest BCUT2D eigenvalue weighted by molar-refractivity contribution is -0.123. The zero-order valence-electron chi connectivity index (χ0n) is 6.06. The van der Waals surface area contributed by atoms with Crippen molar-refractivity contribution in [2.45, 2.75) is 25.2 Å². The van der Waals surface area contributed by atoms with Gasteiger partial charge in [-0.05, 0) is 0 Å². The van der Waals surface area contributed by atoms with Crippen LogP contribution in [0.3, 0.4) is 0 Å². The van der Waals surface area contributed by atoms with Crippen LogP contribution in [-0.2, 0) is 4.79 Å². The zero-order chi connectivity index (χ0) is 7.07. The summed E-state index contributed by atoms with van der Waals surface area (Å²) in [6.45, 7) is 8.52. The van der Waals surface area contributed by atoms with Crippen LogP contribution in [0.5, 0.6) is 0 Å². The van der Waals surface area contributed by atoms with Crippen LogP contribution < -0.4 is 5.32 Å². The second-order valence-electron chi connectivity index (χ2n) is 3.52. The van der Waals surface area contributed by atoms with Gasteiger partial charge in [-0.15, -0.1) is 0 Å². The second-order valence-corrected chi connectivity index (χ2v) is 8.87. The third-order valence-corrected chi connectivity index (χ3v) is 3.90. The van der Waals surface area contributed by atoms with Crippen molar-refractivity contribution in [3.05, 3.63) is 6.54 Å². The number of amides is 1. The van der Waals surface area contributed by atoms with Crippen LogP contribution in [0.4, 0.5) is 0 Å². The molecular weight excluding hydrogens is 130 g/mol. The molecule has 3 heteroatoms. The highest BCUT2D eigenvalue weighted by atomic mass is 28.3. The van der Waals surface area contributed by atoms with Gasteiger partial charge >= 0.3 is 0 Å². The van der Waals surface area contributed by atoms with Crippen LogP contribution in [0, 0.1) is 6.54 Å². The maximum atomic E-state index is 10.8. The standard InChI is InChI=1S/C6H12NOSi/c1-9(2,3)5-4-7-6(5)8/h4-5H,1-3H3,(H,7,8). The van der Waals surface area contributed by atoms with Gasteiger partial charge in [0.2, 0.25) is 5.91 Å². The molecule has 1 rings (SSSR count). The largest absolute Gasteiger partial charge is 0.351 e. The number of hydrogen-bond donors (Lipinski definition) is 1. The van der Waals surface area contributed by atoms with Crippen molar-refractivity contribution in [2.75, 3.05) is 0 Å². The normalized spacial score (nSPS) is 27.0. The molecule has 1 unspecified atom stereocenters. The molecule has 1 radical (unpaired) electrons. The van der Waals surface area contributed by atoms with Gasteiger partial charge in [0, 0.05) is 0 Å². The van der Waals surface area contributed by atoms with Gasteiger partial charge in [-0.25, -0.2) is 0 Å². The Balaban J connectivity index is 2.54. The number of rotatable bonds is 1. The van der Waals surface area contributed by atoms with Crippen molar-refractivity contribution < 1.29 is 4.79 Å². The molecule has 1 atom stereocenters. The van der Waals surface area contributed by atoms with E-state index in [0.29, 0.717) is 0 Å². The quantitative estimate of drug-likeness (QED) is 0.429. The maximum absolute atomic E-state index is 10.8. The van der Waals surface area contributed by atoms with Crippen molar-refractivity contribution >= 4 is 14.0 Å². The van der Waals surface area contributed by atoms with E-state index >= 15 is 0 Å².